The second-order valence-electron chi connectivity index (χ2n) is 4.76. The molecule has 1 aliphatic heterocycles. The van der Waals surface area contributed by atoms with Gasteiger partial charge < -0.3 is 15.2 Å². The Labute approximate surface area is 113 Å². The topological polar surface area (TPSA) is 78.6 Å². The van der Waals surface area contributed by atoms with E-state index in [-0.39, 0.29) is 17.6 Å². The van der Waals surface area contributed by atoms with Gasteiger partial charge in [0.25, 0.3) is 0 Å². The summed E-state index contributed by atoms with van der Waals surface area (Å²) >= 11 is 0. The van der Waals surface area contributed by atoms with Crippen LogP contribution >= 0.6 is 0 Å². The molecule has 1 unspecified atom stereocenters. The number of anilines is 1. The van der Waals surface area contributed by atoms with Crippen LogP contribution in [0.3, 0.4) is 0 Å². The maximum Gasteiger partial charge on any atom is 0.157 e. The number of ether oxygens (including phenoxy) is 2. The number of rotatable bonds is 5. The van der Waals surface area contributed by atoms with E-state index in [1.807, 2.05) is 0 Å². The zero-order valence-electron chi connectivity index (χ0n) is 11.0. The highest BCUT2D eigenvalue weighted by atomic mass is 32.2. The van der Waals surface area contributed by atoms with Crippen molar-refractivity contribution in [2.45, 2.75) is 24.7 Å². The molecule has 2 N–H and O–H groups in total. The third-order valence-corrected chi connectivity index (χ3v) is 4.78. The lowest BCUT2D eigenvalue weighted by atomic mass is 10.2. The first kappa shape index (κ1) is 14.1. The predicted molar refractivity (Wildman–Crippen MR) is 73.9 cm³/mol. The van der Waals surface area contributed by atoms with Crippen molar-refractivity contribution < 1.29 is 17.9 Å². The molecular formula is C13H19NO4S. The number of hydrogen-bond donors (Lipinski definition) is 1. The Morgan fingerprint density at radius 2 is 2.26 bits per heavy atom. The first-order chi connectivity index (χ1) is 9.00. The van der Waals surface area contributed by atoms with Crippen LogP contribution in [0, 0.1) is 0 Å². The summed E-state index contributed by atoms with van der Waals surface area (Å²) in [6, 6.07) is 5.01. The van der Waals surface area contributed by atoms with E-state index >= 15 is 0 Å². The molecule has 0 saturated carbocycles. The molecule has 5 nitrogen and oxygen atoms in total. The Kier molecular flexibility index (Phi) is 4.31. The van der Waals surface area contributed by atoms with Gasteiger partial charge in [-0.1, -0.05) is 6.07 Å². The van der Waals surface area contributed by atoms with Crippen molar-refractivity contribution in [3.05, 3.63) is 23.8 Å². The van der Waals surface area contributed by atoms with E-state index in [0.29, 0.717) is 23.6 Å². The average Bonchev–Trinajstić information content (AvgIpc) is 2.83. The molecule has 0 spiro atoms. The fourth-order valence-electron chi connectivity index (χ4n) is 2.24. The van der Waals surface area contributed by atoms with Gasteiger partial charge in [0.1, 0.15) is 5.75 Å². The molecule has 106 valence electrons. The SMILES string of the molecule is COc1cc(N)ccc1CS(=O)(=O)CC1CCCO1. The minimum atomic E-state index is -3.21. The first-order valence-electron chi connectivity index (χ1n) is 6.24. The Hall–Kier alpha value is -1.27. The van der Waals surface area contributed by atoms with Crippen LogP contribution in [0.15, 0.2) is 18.2 Å². The van der Waals surface area contributed by atoms with Gasteiger partial charge >= 0.3 is 0 Å². The lowest BCUT2D eigenvalue weighted by Crippen LogP contribution is -2.21. The molecule has 1 fully saturated rings. The van der Waals surface area contributed by atoms with Crippen LogP contribution in [-0.4, -0.2) is 34.0 Å². The summed E-state index contributed by atoms with van der Waals surface area (Å²) < 4.78 is 34.8. The second-order valence-corrected chi connectivity index (χ2v) is 6.87. The number of methoxy groups -OCH3 is 1. The maximum atomic E-state index is 12.1. The van der Waals surface area contributed by atoms with E-state index in [0.717, 1.165) is 12.8 Å². The van der Waals surface area contributed by atoms with Crippen LogP contribution in [0.5, 0.6) is 5.75 Å². The minimum Gasteiger partial charge on any atom is -0.496 e. The fourth-order valence-corrected chi connectivity index (χ4v) is 3.89. The van der Waals surface area contributed by atoms with Crippen molar-refractivity contribution in [1.29, 1.82) is 0 Å². The monoisotopic (exact) mass is 285 g/mol. The van der Waals surface area contributed by atoms with E-state index < -0.39 is 9.84 Å². The normalized spacial score (nSPS) is 19.5. The van der Waals surface area contributed by atoms with E-state index in [1.165, 1.54) is 7.11 Å². The van der Waals surface area contributed by atoms with Crippen molar-refractivity contribution in [2.24, 2.45) is 0 Å². The van der Waals surface area contributed by atoms with Gasteiger partial charge in [0.2, 0.25) is 0 Å². The molecule has 1 heterocycles. The fraction of sp³-hybridized carbons (Fsp3) is 0.538. The summed E-state index contributed by atoms with van der Waals surface area (Å²) in [5.41, 5.74) is 6.84. The lowest BCUT2D eigenvalue weighted by Gasteiger charge is -2.12. The van der Waals surface area contributed by atoms with E-state index in [9.17, 15) is 8.42 Å². The third kappa shape index (κ3) is 3.84. The zero-order valence-corrected chi connectivity index (χ0v) is 11.8. The van der Waals surface area contributed by atoms with Crippen LogP contribution in [0.25, 0.3) is 0 Å². The smallest absolute Gasteiger partial charge is 0.157 e. The lowest BCUT2D eigenvalue weighted by molar-refractivity contribution is 0.127. The van der Waals surface area contributed by atoms with Gasteiger partial charge in [0.05, 0.1) is 24.7 Å². The highest BCUT2D eigenvalue weighted by Gasteiger charge is 2.24. The van der Waals surface area contributed by atoms with E-state index in [2.05, 4.69) is 0 Å². The van der Waals surface area contributed by atoms with Crippen molar-refractivity contribution in [3.8, 4) is 5.75 Å². The number of nitrogen functional groups attached to an aromatic ring is 1. The molecule has 19 heavy (non-hydrogen) atoms. The average molecular weight is 285 g/mol. The largest absolute Gasteiger partial charge is 0.496 e. The number of sulfone groups is 1. The van der Waals surface area contributed by atoms with Crippen LogP contribution < -0.4 is 10.5 Å². The van der Waals surface area contributed by atoms with Gasteiger partial charge in [-0.15, -0.1) is 0 Å². The Balaban J connectivity index is 2.10. The summed E-state index contributed by atoms with van der Waals surface area (Å²) in [5, 5.41) is 0. The molecule has 0 radical (unpaired) electrons. The van der Waals surface area contributed by atoms with Crippen LogP contribution in [0.4, 0.5) is 5.69 Å². The summed E-state index contributed by atoms with van der Waals surface area (Å²) in [7, 11) is -1.70. The van der Waals surface area contributed by atoms with Crippen molar-refractivity contribution in [2.75, 3.05) is 25.2 Å². The van der Waals surface area contributed by atoms with Gasteiger partial charge in [-0.2, -0.15) is 0 Å². The highest BCUT2D eigenvalue weighted by molar-refractivity contribution is 7.90. The Bertz CT molecular complexity index is 536. The van der Waals surface area contributed by atoms with Crippen LogP contribution in [0.1, 0.15) is 18.4 Å². The number of benzene rings is 1. The number of hydrogen-bond acceptors (Lipinski definition) is 5. The van der Waals surface area contributed by atoms with Gasteiger partial charge in [-0.05, 0) is 18.9 Å². The van der Waals surface area contributed by atoms with E-state index in [1.54, 1.807) is 18.2 Å². The van der Waals surface area contributed by atoms with E-state index in [4.69, 9.17) is 15.2 Å². The molecule has 1 aromatic carbocycles. The third-order valence-electron chi connectivity index (χ3n) is 3.15. The molecule has 2 rings (SSSR count). The minimum absolute atomic E-state index is 0.0453. The summed E-state index contributed by atoms with van der Waals surface area (Å²) in [4.78, 5) is 0. The molecule has 1 aromatic rings. The molecule has 6 heteroatoms. The molecule has 0 aliphatic carbocycles. The Morgan fingerprint density at radius 3 is 2.89 bits per heavy atom. The molecule has 0 bridgehead atoms. The van der Waals surface area contributed by atoms with Crippen LogP contribution in [0.2, 0.25) is 0 Å². The van der Waals surface area contributed by atoms with Crippen molar-refractivity contribution in [3.63, 3.8) is 0 Å². The maximum absolute atomic E-state index is 12.1. The quantitative estimate of drug-likeness (QED) is 0.827. The highest BCUT2D eigenvalue weighted by Crippen LogP contribution is 2.24. The first-order valence-corrected chi connectivity index (χ1v) is 8.07. The molecular weight excluding hydrogens is 266 g/mol. The molecule has 1 aliphatic rings. The molecule has 0 amide bonds. The van der Waals surface area contributed by atoms with Crippen molar-refractivity contribution >= 4 is 15.5 Å². The van der Waals surface area contributed by atoms with Gasteiger partial charge in [0, 0.05) is 23.9 Å². The second kappa shape index (κ2) is 5.79. The Morgan fingerprint density at radius 1 is 1.47 bits per heavy atom. The zero-order chi connectivity index (χ0) is 13.9. The predicted octanol–water partition coefficient (Wildman–Crippen LogP) is 1.37. The van der Waals surface area contributed by atoms with Gasteiger partial charge in [0.15, 0.2) is 9.84 Å². The summed E-state index contributed by atoms with van der Waals surface area (Å²) in [6.45, 7) is 0.658. The van der Waals surface area contributed by atoms with Gasteiger partial charge in [-0.25, -0.2) is 8.42 Å². The molecule has 1 saturated heterocycles. The summed E-state index contributed by atoms with van der Waals surface area (Å²) in [6.07, 6.45) is 1.59. The van der Waals surface area contributed by atoms with Crippen LogP contribution in [-0.2, 0) is 20.3 Å². The molecule has 1 atom stereocenters. The summed E-state index contributed by atoms with van der Waals surface area (Å²) in [5.74, 6) is 0.535. The molecule has 0 aromatic heterocycles. The van der Waals surface area contributed by atoms with Gasteiger partial charge in [-0.3, -0.25) is 0 Å². The standard InChI is InChI=1S/C13H19NO4S/c1-17-13-7-11(14)5-4-10(13)8-19(15,16)9-12-3-2-6-18-12/h4-5,7,12H,2-3,6,8-9,14H2,1H3. The number of nitrogens with two attached hydrogens (primary N) is 1. The van der Waals surface area contributed by atoms with Crippen molar-refractivity contribution in [1.82, 2.24) is 0 Å².